The summed E-state index contributed by atoms with van der Waals surface area (Å²) in [6.07, 6.45) is 0. The molecule has 0 saturated heterocycles. The molecule has 0 unspecified atom stereocenters. The zero-order chi connectivity index (χ0) is 47.6. The Morgan fingerprint density at radius 3 is 0.958 bits per heavy atom. The number of nitrogens with zero attached hydrogens (tertiary/aromatic N) is 2. The molecule has 0 aliphatic rings. The van der Waals surface area contributed by atoms with Crippen LogP contribution in [0.3, 0.4) is 0 Å². The fourth-order valence-corrected chi connectivity index (χ4v) is 11.8. The Balaban J connectivity index is 0.856. The molecular formula is C66H38Cl2N2O2. The van der Waals surface area contributed by atoms with E-state index in [0.29, 0.717) is 10.0 Å². The first-order chi connectivity index (χ1) is 35.5. The predicted molar refractivity (Wildman–Crippen MR) is 301 cm³/mol. The summed E-state index contributed by atoms with van der Waals surface area (Å²) in [5.41, 5.74) is 18.4. The second kappa shape index (κ2) is 15.9. The van der Waals surface area contributed by atoms with Gasteiger partial charge in [-0.2, -0.15) is 0 Å². The van der Waals surface area contributed by atoms with Crippen molar-refractivity contribution in [1.82, 2.24) is 9.13 Å². The molecule has 0 bridgehead atoms. The van der Waals surface area contributed by atoms with E-state index >= 15 is 0 Å². The summed E-state index contributed by atoms with van der Waals surface area (Å²) >= 11 is 14.8. The van der Waals surface area contributed by atoms with E-state index in [-0.39, 0.29) is 0 Å². The van der Waals surface area contributed by atoms with Crippen molar-refractivity contribution in [2.24, 2.45) is 0 Å². The van der Waals surface area contributed by atoms with Crippen LogP contribution in [0.15, 0.2) is 239 Å². The number of fused-ring (bicyclic) bond motifs is 12. The number of halogens is 2. The molecule has 338 valence electrons. The van der Waals surface area contributed by atoms with E-state index in [4.69, 9.17) is 32.0 Å². The average molecular weight is 962 g/mol. The third kappa shape index (κ3) is 6.33. The molecule has 72 heavy (non-hydrogen) atoms. The molecule has 6 heteroatoms. The summed E-state index contributed by atoms with van der Waals surface area (Å²) < 4.78 is 17.1. The summed E-state index contributed by atoms with van der Waals surface area (Å²) in [5.74, 6) is 0. The van der Waals surface area contributed by atoms with Crippen LogP contribution in [0.4, 0.5) is 0 Å². The molecule has 0 aliphatic heterocycles. The van der Waals surface area contributed by atoms with E-state index in [1.807, 2.05) is 36.4 Å². The number of aromatic nitrogens is 2. The molecule has 0 saturated carbocycles. The van der Waals surface area contributed by atoms with Gasteiger partial charge >= 0.3 is 0 Å². The molecule has 11 aromatic carbocycles. The fraction of sp³-hybridized carbons (Fsp3) is 0. The Morgan fingerprint density at radius 2 is 0.556 bits per heavy atom. The van der Waals surface area contributed by atoms with E-state index in [1.54, 1.807) is 0 Å². The fourth-order valence-electron chi connectivity index (χ4n) is 11.3. The summed E-state index contributed by atoms with van der Waals surface area (Å²) in [6, 6.07) is 81.4. The summed E-state index contributed by atoms with van der Waals surface area (Å²) in [4.78, 5) is 0. The van der Waals surface area contributed by atoms with Crippen LogP contribution < -0.4 is 0 Å². The molecule has 4 aromatic heterocycles. The maximum absolute atomic E-state index is 7.41. The molecule has 4 heterocycles. The molecule has 0 aliphatic carbocycles. The standard InChI is InChI=1S/C66H38Cl2N2O2/c67-57-38-50(44-22-28-62-54(36-44)52-32-40(20-26-60(52)70(62)46-13-5-2-6-14-46)42-24-30-66-56(34-42)48-16-8-10-18-64(48)72-66)58(68)37-49(57)43-21-27-61-53(35-43)51-31-39(19-25-59(51)69(61)45-11-3-1-4-12-45)41-23-29-65-55(33-41)47-15-7-9-17-63(47)71-65/h1-38H. The lowest BCUT2D eigenvalue weighted by atomic mass is 9.96. The van der Waals surface area contributed by atoms with Gasteiger partial charge in [0.2, 0.25) is 0 Å². The van der Waals surface area contributed by atoms with Gasteiger partial charge in [0.25, 0.3) is 0 Å². The first-order valence-corrected chi connectivity index (χ1v) is 24.9. The maximum Gasteiger partial charge on any atom is 0.135 e. The molecule has 0 spiro atoms. The van der Waals surface area contributed by atoms with Crippen molar-refractivity contribution < 1.29 is 8.83 Å². The van der Waals surface area contributed by atoms with Gasteiger partial charge in [0, 0.05) is 75.6 Å². The lowest BCUT2D eigenvalue weighted by Gasteiger charge is -2.12. The molecule has 15 aromatic rings. The number of furan rings is 2. The third-order valence-corrected chi connectivity index (χ3v) is 15.3. The second-order valence-corrected chi connectivity index (χ2v) is 19.5. The molecule has 0 fully saturated rings. The minimum absolute atomic E-state index is 0.623. The Bertz CT molecular complexity index is 4410. The van der Waals surface area contributed by atoms with Crippen molar-refractivity contribution in [3.8, 4) is 55.9 Å². The van der Waals surface area contributed by atoms with Crippen LogP contribution in [0.2, 0.25) is 10.0 Å². The van der Waals surface area contributed by atoms with Gasteiger partial charge in [-0.3, -0.25) is 0 Å². The highest BCUT2D eigenvalue weighted by molar-refractivity contribution is 6.37. The quantitative estimate of drug-likeness (QED) is 0.166. The van der Waals surface area contributed by atoms with Crippen molar-refractivity contribution in [1.29, 1.82) is 0 Å². The van der Waals surface area contributed by atoms with Crippen LogP contribution in [0.25, 0.3) is 143 Å². The summed E-state index contributed by atoms with van der Waals surface area (Å²) in [6.45, 7) is 0. The zero-order valence-electron chi connectivity index (χ0n) is 38.4. The maximum atomic E-state index is 7.41. The van der Waals surface area contributed by atoms with Gasteiger partial charge in [-0.05, 0) is 155 Å². The van der Waals surface area contributed by atoms with Crippen molar-refractivity contribution in [2.45, 2.75) is 0 Å². The first kappa shape index (κ1) is 41.0. The van der Waals surface area contributed by atoms with Gasteiger partial charge in [0.1, 0.15) is 22.3 Å². The van der Waals surface area contributed by atoms with Gasteiger partial charge in [0.15, 0.2) is 0 Å². The number of para-hydroxylation sites is 4. The molecule has 15 rings (SSSR count). The Hall–Kier alpha value is -8.80. The Labute approximate surface area is 422 Å². The minimum atomic E-state index is 0.623. The number of rotatable bonds is 6. The number of benzene rings is 11. The normalized spacial score (nSPS) is 12.0. The van der Waals surface area contributed by atoms with Crippen LogP contribution in [-0.4, -0.2) is 9.13 Å². The van der Waals surface area contributed by atoms with Gasteiger partial charge in [-0.25, -0.2) is 0 Å². The molecule has 0 amide bonds. The van der Waals surface area contributed by atoms with Crippen molar-refractivity contribution in [2.75, 3.05) is 0 Å². The van der Waals surface area contributed by atoms with Crippen LogP contribution >= 0.6 is 23.2 Å². The average Bonchev–Trinajstić information content (AvgIpc) is 4.18. The predicted octanol–water partition coefficient (Wildman–Crippen LogP) is 19.7. The highest BCUT2D eigenvalue weighted by atomic mass is 35.5. The molecule has 0 radical (unpaired) electrons. The van der Waals surface area contributed by atoms with Gasteiger partial charge in [0.05, 0.1) is 22.1 Å². The lowest BCUT2D eigenvalue weighted by Crippen LogP contribution is -1.93. The summed E-state index contributed by atoms with van der Waals surface area (Å²) in [5, 5.41) is 10.2. The molecule has 0 atom stereocenters. The minimum Gasteiger partial charge on any atom is -0.456 e. The van der Waals surface area contributed by atoms with Crippen molar-refractivity contribution >= 4 is 111 Å². The van der Waals surface area contributed by atoms with Crippen LogP contribution in [0.5, 0.6) is 0 Å². The number of hydrogen-bond acceptors (Lipinski definition) is 2. The molecule has 0 N–H and O–H groups in total. The third-order valence-electron chi connectivity index (χ3n) is 14.7. The Kier molecular flexibility index (Phi) is 9.04. The van der Waals surface area contributed by atoms with Crippen LogP contribution in [0.1, 0.15) is 0 Å². The number of hydrogen-bond donors (Lipinski definition) is 0. The largest absolute Gasteiger partial charge is 0.456 e. The topological polar surface area (TPSA) is 36.1 Å². The highest BCUT2D eigenvalue weighted by Crippen LogP contribution is 2.44. The van der Waals surface area contributed by atoms with Gasteiger partial charge < -0.3 is 18.0 Å². The van der Waals surface area contributed by atoms with Crippen molar-refractivity contribution in [3.05, 3.63) is 241 Å². The summed E-state index contributed by atoms with van der Waals surface area (Å²) in [7, 11) is 0. The Morgan fingerprint density at radius 1 is 0.250 bits per heavy atom. The van der Waals surface area contributed by atoms with Gasteiger partial charge in [-0.15, -0.1) is 0 Å². The van der Waals surface area contributed by atoms with E-state index in [1.165, 1.54) is 0 Å². The van der Waals surface area contributed by atoms with Crippen LogP contribution in [0, 0.1) is 0 Å². The first-order valence-electron chi connectivity index (χ1n) is 24.1. The van der Waals surface area contributed by atoms with E-state index in [2.05, 4.69) is 203 Å². The van der Waals surface area contributed by atoms with Crippen LogP contribution in [-0.2, 0) is 0 Å². The van der Waals surface area contributed by atoms with Crippen molar-refractivity contribution in [3.63, 3.8) is 0 Å². The zero-order valence-corrected chi connectivity index (χ0v) is 39.9. The van der Waals surface area contributed by atoms with Gasteiger partial charge in [-0.1, -0.05) is 132 Å². The smallest absolute Gasteiger partial charge is 0.135 e. The second-order valence-electron chi connectivity index (χ2n) is 18.7. The highest BCUT2D eigenvalue weighted by Gasteiger charge is 2.20. The molecular weight excluding hydrogens is 924 g/mol. The monoisotopic (exact) mass is 960 g/mol. The van der Waals surface area contributed by atoms with E-state index in [9.17, 15) is 0 Å². The molecule has 4 nitrogen and oxygen atoms in total. The SMILES string of the molecule is Clc1cc(-c2ccc3c(c2)c2cc(-c4ccc5oc6ccccc6c5c4)ccc2n3-c2ccccc2)c(Cl)cc1-c1ccc2c(c1)c1cc(-c3ccc4oc5ccccc5c4c3)ccc1n2-c1ccccc1. The van der Waals surface area contributed by atoms with E-state index < -0.39 is 0 Å². The van der Waals surface area contributed by atoms with E-state index in [0.717, 1.165) is 143 Å². The lowest BCUT2D eigenvalue weighted by molar-refractivity contribution is 0.668.